The van der Waals surface area contributed by atoms with Gasteiger partial charge in [-0.25, -0.2) is 0 Å². The molecule has 0 N–H and O–H groups in total. The highest BCUT2D eigenvalue weighted by Gasteiger charge is 2.32. The largest absolute Gasteiger partial charge is 0.371 e. The van der Waals surface area contributed by atoms with E-state index in [1.807, 2.05) is 60.7 Å². The molecule has 3 rings (SSSR count). The quantitative estimate of drug-likeness (QED) is 0.620. The lowest BCUT2D eigenvalue weighted by Gasteiger charge is -2.18. The Bertz CT molecular complexity index is 535. The highest BCUT2D eigenvalue weighted by Crippen LogP contribution is 2.45. The van der Waals surface area contributed by atoms with E-state index in [0.717, 1.165) is 10.6 Å². The van der Waals surface area contributed by atoms with Crippen molar-refractivity contribution in [1.82, 2.24) is 0 Å². The third kappa shape index (κ3) is 2.79. The van der Waals surface area contributed by atoms with Gasteiger partial charge in [0.1, 0.15) is 6.10 Å². The van der Waals surface area contributed by atoms with Gasteiger partial charge in [-0.05, 0) is 24.3 Å². The van der Waals surface area contributed by atoms with Crippen molar-refractivity contribution in [1.29, 1.82) is 0 Å². The van der Waals surface area contributed by atoms with E-state index in [2.05, 4.69) is 0 Å². The summed E-state index contributed by atoms with van der Waals surface area (Å²) >= 11 is 0. The zero-order valence-electron chi connectivity index (χ0n) is 10.4. The lowest BCUT2D eigenvalue weighted by Crippen LogP contribution is -2.19. The standard InChI is InChI=1S/C15H15O3P/c16-19(18-12-13-11-17-13,14-7-3-1-4-8-14)15-9-5-2-6-10-15/h1-10,13H,11-12H2. The van der Waals surface area contributed by atoms with Gasteiger partial charge >= 0.3 is 0 Å². The Labute approximate surface area is 112 Å². The minimum atomic E-state index is -3.02. The van der Waals surface area contributed by atoms with Crippen LogP contribution in [0.5, 0.6) is 0 Å². The molecule has 0 radical (unpaired) electrons. The van der Waals surface area contributed by atoms with Crippen LogP contribution in [0, 0.1) is 0 Å². The monoisotopic (exact) mass is 274 g/mol. The molecule has 0 amide bonds. The molecule has 3 nitrogen and oxygen atoms in total. The molecule has 19 heavy (non-hydrogen) atoms. The van der Waals surface area contributed by atoms with E-state index in [0.29, 0.717) is 13.2 Å². The van der Waals surface area contributed by atoms with Crippen molar-refractivity contribution in [2.75, 3.05) is 13.2 Å². The second-order valence-corrected chi connectivity index (χ2v) is 6.87. The van der Waals surface area contributed by atoms with Gasteiger partial charge in [0.15, 0.2) is 0 Å². The summed E-state index contributed by atoms with van der Waals surface area (Å²) in [6.45, 7) is 1.07. The summed E-state index contributed by atoms with van der Waals surface area (Å²) in [4.78, 5) is 0. The summed E-state index contributed by atoms with van der Waals surface area (Å²) in [5.41, 5.74) is 0. The number of benzene rings is 2. The van der Waals surface area contributed by atoms with Gasteiger partial charge in [0, 0.05) is 10.6 Å². The molecule has 4 heteroatoms. The third-order valence-corrected chi connectivity index (χ3v) is 5.51. The van der Waals surface area contributed by atoms with E-state index in [9.17, 15) is 4.57 Å². The molecule has 0 bridgehead atoms. The molecule has 2 aromatic carbocycles. The number of rotatable bonds is 5. The fourth-order valence-electron chi connectivity index (χ4n) is 1.90. The van der Waals surface area contributed by atoms with E-state index in [1.54, 1.807) is 0 Å². The van der Waals surface area contributed by atoms with Gasteiger partial charge in [-0.2, -0.15) is 0 Å². The van der Waals surface area contributed by atoms with Crippen molar-refractivity contribution in [3.05, 3.63) is 60.7 Å². The molecular weight excluding hydrogens is 259 g/mol. The third-order valence-electron chi connectivity index (χ3n) is 3.04. The lowest BCUT2D eigenvalue weighted by molar-refractivity contribution is 0.271. The SMILES string of the molecule is O=P(OCC1CO1)(c1ccccc1)c1ccccc1. The Hall–Kier alpha value is -1.41. The average Bonchev–Trinajstić information content (AvgIpc) is 3.31. The molecule has 98 valence electrons. The van der Waals surface area contributed by atoms with Gasteiger partial charge in [0.25, 0.3) is 7.37 Å². The van der Waals surface area contributed by atoms with Crippen LogP contribution in [0.15, 0.2) is 60.7 Å². The van der Waals surface area contributed by atoms with E-state index in [4.69, 9.17) is 9.26 Å². The van der Waals surface area contributed by atoms with Gasteiger partial charge in [-0.1, -0.05) is 36.4 Å². The second-order valence-electron chi connectivity index (χ2n) is 4.47. The zero-order valence-corrected chi connectivity index (χ0v) is 11.3. The van der Waals surface area contributed by atoms with Crippen LogP contribution in [-0.4, -0.2) is 19.3 Å². The summed E-state index contributed by atoms with van der Waals surface area (Å²) in [6.07, 6.45) is 0.0979. The molecule has 0 spiro atoms. The van der Waals surface area contributed by atoms with Crippen LogP contribution >= 0.6 is 7.37 Å². The first-order valence-corrected chi connectivity index (χ1v) is 7.89. The molecule has 0 saturated carbocycles. The molecule has 2 aromatic rings. The number of hydrogen-bond donors (Lipinski definition) is 0. The first-order valence-electron chi connectivity index (χ1n) is 6.26. The lowest BCUT2D eigenvalue weighted by atomic mass is 10.4. The molecule has 1 heterocycles. The highest BCUT2D eigenvalue weighted by atomic mass is 31.2. The molecule has 0 aliphatic carbocycles. The molecule has 1 aliphatic heterocycles. The Morgan fingerprint density at radius 2 is 1.47 bits per heavy atom. The van der Waals surface area contributed by atoms with Crippen LogP contribution in [0.1, 0.15) is 0 Å². The van der Waals surface area contributed by atoms with Gasteiger partial charge in [0.05, 0.1) is 13.2 Å². The summed E-state index contributed by atoms with van der Waals surface area (Å²) in [7, 11) is -3.02. The molecule has 1 fully saturated rings. The minimum Gasteiger partial charge on any atom is -0.371 e. The maximum atomic E-state index is 13.3. The maximum absolute atomic E-state index is 13.3. The summed E-state index contributed by atoms with van der Waals surface area (Å²) < 4.78 is 24.2. The van der Waals surface area contributed by atoms with Crippen molar-refractivity contribution in [3.8, 4) is 0 Å². The van der Waals surface area contributed by atoms with Gasteiger partial charge < -0.3 is 9.26 Å². The van der Waals surface area contributed by atoms with Crippen molar-refractivity contribution < 1.29 is 13.8 Å². The van der Waals surface area contributed by atoms with E-state index in [1.165, 1.54) is 0 Å². The first-order chi connectivity index (χ1) is 9.29. The fraction of sp³-hybridized carbons (Fsp3) is 0.200. The molecule has 1 atom stereocenters. The molecule has 1 saturated heterocycles. The topological polar surface area (TPSA) is 38.8 Å². The first kappa shape index (κ1) is 12.6. The van der Waals surface area contributed by atoms with Crippen molar-refractivity contribution in [3.63, 3.8) is 0 Å². The molecular formula is C15H15O3P. The highest BCUT2D eigenvalue weighted by molar-refractivity contribution is 7.74. The Kier molecular flexibility index (Phi) is 3.52. The Morgan fingerprint density at radius 3 is 1.89 bits per heavy atom. The van der Waals surface area contributed by atoms with Crippen molar-refractivity contribution in [2.45, 2.75) is 6.10 Å². The van der Waals surface area contributed by atoms with E-state index < -0.39 is 7.37 Å². The van der Waals surface area contributed by atoms with E-state index in [-0.39, 0.29) is 6.10 Å². The van der Waals surface area contributed by atoms with Gasteiger partial charge in [-0.15, -0.1) is 0 Å². The minimum absolute atomic E-state index is 0.0979. The molecule has 0 aromatic heterocycles. The summed E-state index contributed by atoms with van der Waals surface area (Å²) in [5.74, 6) is 0. The number of epoxide rings is 1. The van der Waals surface area contributed by atoms with Gasteiger partial charge in [0.2, 0.25) is 0 Å². The number of ether oxygens (including phenoxy) is 1. The van der Waals surface area contributed by atoms with Crippen molar-refractivity contribution in [2.24, 2.45) is 0 Å². The smallest absolute Gasteiger partial charge is 0.261 e. The Balaban J connectivity index is 1.97. The molecule has 1 unspecified atom stereocenters. The maximum Gasteiger partial charge on any atom is 0.261 e. The fourth-order valence-corrected chi connectivity index (χ4v) is 4.00. The van der Waals surface area contributed by atoms with Crippen LogP contribution in [0.2, 0.25) is 0 Å². The van der Waals surface area contributed by atoms with Crippen LogP contribution < -0.4 is 10.6 Å². The molecule has 1 aliphatic rings. The summed E-state index contributed by atoms with van der Waals surface area (Å²) in [5, 5.41) is 1.45. The average molecular weight is 274 g/mol. The predicted octanol–water partition coefficient (Wildman–Crippen LogP) is 2.33. The van der Waals surface area contributed by atoms with Crippen molar-refractivity contribution >= 4 is 18.0 Å². The zero-order chi connectivity index (χ0) is 13.1. The van der Waals surface area contributed by atoms with Crippen LogP contribution in [0.4, 0.5) is 0 Å². The van der Waals surface area contributed by atoms with E-state index >= 15 is 0 Å². The predicted molar refractivity (Wildman–Crippen MR) is 75.5 cm³/mol. The Morgan fingerprint density at radius 1 is 1.00 bits per heavy atom. The second kappa shape index (κ2) is 5.30. The summed E-state index contributed by atoms with van der Waals surface area (Å²) in [6, 6.07) is 18.7. The normalized spacial score (nSPS) is 18.2. The van der Waals surface area contributed by atoms with Gasteiger partial charge in [-0.3, -0.25) is 4.57 Å². The van der Waals surface area contributed by atoms with Crippen LogP contribution in [0.25, 0.3) is 0 Å². The van der Waals surface area contributed by atoms with Crippen LogP contribution in [0.3, 0.4) is 0 Å². The number of hydrogen-bond acceptors (Lipinski definition) is 3. The van der Waals surface area contributed by atoms with Crippen LogP contribution in [-0.2, 0) is 13.8 Å².